The van der Waals surface area contributed by atoms with E-state index in [0.29, 0.717) is 13.0 Å². The average Bonchev–Trinajstić information content (AvgIpc) is 2.66. The number of hydrogen-bond donors (Lipinski definition) is 2. The van der Waals surface area contributed by atoms with Gasteiger partial charge in [0.2, 0.25) is 5.91 Å². The van der Waals surface area contributed by atoms with Crippen molar-refractivity contribution in [3.8, 4) is 5.75 Å². The quantitative estimate of drug-likeness (QED) is 0.814. The molecule has 1 aromatic carbocycles. The summed E-state index contributed by atoms with van der Waals surface area (Å²) >= 11 is 0. The van der Waals surface area contributed by atoms with Crippen LogP contribution in [0.1, 0.15) is 17.5 Å². The molecule has 2 aliphatic rings. The predicted molar refractivity (Wildman–Crippen MR) is 79.7 cm³/mol. The van der Waals surface area contributed by atoms with E-state index in [9.17, 15) is 4.79 Å². The van der Waals surface area contributed by atoms with E-state index in [1.165, 1.54) is 5.69 Å². The summed E-state index contributed by atoms with van der Waals surface area (Å²) < 4.78 is 5.76. The van der Waals surface area contributed by atoms with Gasteiger partial charge in [0.25, 0.3) is 0 Å². The molecule has 0 saturated carbocycles. The highest BCUT2D eigenvalue weighted by molar-refractivity contribution is 5.95. The van der Waals surface area contributed by atoms with Crippen LogP contribution in [0.25, 0.3) is 0 Å². The smallest absolute Gasteiger partial charge is 0.227 e. The summed E-state index contributed by atoms with van der Waals surface area (Å²) in [6.45, 7) is 8.54. The minimum absolute atomic E-state index is 0.0312. The van der Waals surface area contributed by atoms with Crippen LogP contribution in [0.5, 0.6) is 5.75 Å². The Balaban J connectivity index is 2.04. The molecule has 3 rings (SSSR count). The van der Waals surface area contributed by atoms with Gasteiger partial charge in [-0.25, -0.2) is 0 Å². The summed E-state index contributed by atoms with van der Waals surface area (Å²) in [5.41, 5.74) is 4.23. The first-order valence-electron chi connectivity index (χ1n) is 7.19. The molecule has 0 radical (unpaired) electrons. The topological polar surface area (TPSA) is 53.6 Å². The largest absolute Gasteiger partial charge is 0.491 e. The van der Waals surface area contributed by atoms with Gasteiger partial charge in [-0.05, 0) is 31.0 Å². The van der Waals surface area contributed by atoms with Gasteiger partial charge in [0.15, 0.2) is 0 Å². The molecule has 20 heavy (non-hydrogen) atoms. The molecule has 1 saturated heterocycles. The second-order valence-corrected chi connectivity index (χ2v) is 5.43. The fraction of sp³-hybridized carbons (Fsp3) is 0.533. The van der Waals surface area contributed by atoms with Crippen molar-refractivity contribution in [2.24, 2.45) is 0 Å². The van der Waals surface area contributed by atoms with Crippen LogP contribution in [0.3, 0.4) is 0 Å². The van der Waals surface area contributed by atoms with E-state index in [4.69, 9.17) is 4.74 Å². The maximum Gasteiger partial charge on any atom is 0.227 e. The molecule has 0 spiro atoms. The van der Waals surface area contributed by atoms with Crippen molar-refractivity contribution < 1.29 is 9.53 Å². The van der Waals surface area contributed by atoms with Gasteiger partial charge in [-0.15, -0.1) is 0 Å². The van der Waals surface area contributed by atoms with E-state index >= 15 is 0 Å². The fourth-order valence-corrected chi connectivity index (χ4v) is 2.89. The standard InChI is InChI=1S/C15H21N3O2/c1-10-9-12(18-6-4-16-5-7-18)11(2)14-15(10)20-8-3-13(19)17-14/h9,16H,3-8H2,1-2H3,(H,17,19). The predicted octanol–water partition coefficient (Wildman–Crippen LogP) is 1.43. The van der Waals surface area contributed by atoms with Crippen molar-refractivity contribution in [1.82, 2.24) is 5.32 Å². The zero-order valence-electron chi connectivity index (χ0n) is 12.1. The van der Waals surface area contributed by atoms with E-state index in [2.05, 4.69) is 28.5 Å². The molecule has 0 unspecified atom stereocenters. The number of rotatable bonds is 1. The number of amides is 1. The molecule has 2 aliphatic heterocycles. The Morgan fingerprint density at radius 1 is 1.25 bits per heavy atom. The number of benzene rings is 1. The summed E-state index contributed by atoms with van der Waals surface area (Å²) in [5, 5.41) is 6.37. The van der Waals surface area contributed by atoms with Crippen molar-refractivity contribution in [2.45, 2.75) is 20.3 Å². The first-order valence-corrected chi connectivity index (χ1v) is 7.19. The zero-order chi connectivity index (χ0) is 14.1. The van der Waals surface area contributed by atoms with Crippen molar-refractivity contribution in [2.75, 3.05) is 43.0 Å². The lowest BCUT2D eigenvalue weighted by atomic mass is 10.0. The molecular formula is C15H21N3O2. The first-order chi connectivity index (χ1) is 9.66. The molecule has 108 valence electrons. The Bertz CT molecular complexity index is 536. The minimum atomic E-state index is 0.0312. The summed E-state index contributed by atoms with van der Waals surface area (Å²) in [5.74, 6) is 0.857. The van der Waals surface area contributed by atoms with Gasteiger partial charge in [0.05, 0.1) is 18.7 Å². The van der Waals surface area contributed by atoms with Crippen LogP contribution in [0.15, 0.2) is 6.07 Å². The molecule has 5 heteroatoms. The number of nitrogens with zero attached hydrogens (tertiary/aromatic N) is 1. The lowest BCUT2D eigenvalue weighted by Gasteiger charge is -2.32. The molecule has 2 N–H and O–H groups in total. The number of piperazine rings is 1. The van der Waals surface area contributed by atoms with E-state index < -0.39 is 0 Å². The lowest BCUT2D eigenvalue weighted by molar-refractivity contribution is -0.116. The van der Waals surface area contributed by atoms with Gasteiger partial charge >= 0.3 is 0 Å². The fourth-order valence-electron chi connectivity index (χ4n) is 2.89. The van der Waals surface area contributed by atoms with E-state index in [-0.39, 0.29) is 5.91 Å². The van der Waals surface area contributed by atoms with Crippen LogP contribution in [0, 0.1) is 13.8 Å². The van der Waals surface area contributed by atoms with Crippen molar-refractivity contribution in [3.05, 3.63) is 17.2 Å². The Kier molecular flexibility index (Phi) is 3.53. The van der Waals surface area contributed by atoms with Gasteiger partial charge in [-0.3, -0.25) is 4.79 Å². The SMILES string of the molecule is Cc1cc(N2CCNCC2)c(C)c2c1OCCC(=O)N2. The molecule has 0 aromatic heterocycles. The summed E-state index contributed by atoms with van der Waals surface area (Å²) in [6.07, 6.45) is 0.413. The molecule has 0 atom stereocenters. The normalized spacial score (nSPS) is 18.9. The molecule has 1 amide bonds. The van der Waals surface area contributed by atoms with Crippen LogP contribution >= 0.6 is 0 Å². The molecule has 0 aliphatic carbocycles. The second-order valence-electron chi connectivity index (χ2n) is 5.43. The van der Waals surface area contributed by atoms with Crippen molar-refractivity contribution >= 4 is 17.3 Å². The molecule has 5 nitrogen and oxygen atoms in total. The van der Waals surface area contributed by atoms with Crippen LogP contribution < -0.4 is 20.3 Å². The van der Waals surface area contributed by atoms with Crippen LogP contribution in [0.2, 0.25) is 0 Å². The van der Waals surface area contributed by atoms with Crippen LogP contribution in [-0.2, 0) is 4.79 Å². The Hall–Kier alpha value is -1.75. The summed E-state index contributed by atoms with van der Waals surface area (Å²) in [7, 11) is 0. The zero-order valence-corrected chi connectivity index (χ0v) is 12.1. The van der Waals surface area contributed by atoms with Gasteiger partial charge in [0, 0.05) is 31.9 Å². The third-order valence-corrected chi connectivity index (χ3v) is 4.00. The number of nitrogens with one attached hydrogen (secondary N) is 2. The average molecular weight is 275 g/mol. The van der Waals surface area contributed by atoms with Crippen molar-refractivity contribution in [3.63, 3.8) is 0 Å². The van der Waals surface area contributed by atoms with Gasteiger partial charge in [-0.1, -0.05) is 0 Å². The molecular weight excluding hydrogens is 254 g/mol. The highest BCUT2D eigenvalue weighted by atomic mass is 16.5. The van der Waals surface area contributed by atoms with E-state index in [1.54, 1.807) is 0 Å². The van der Waals surface area contributed by atoms with E-state index in [0.717, 1.165) is 48.7 Å². The van der Waals surface area contributed by atoms with Gasteiger partial charge in [-0.2, -0.15) is 0 Å². The number of carbonyl (C=O) groups is 1. The number of ether oxygens (including phenoxy) is 1. The molecule has 1 aromatic rings. The number of carbonyl (C=O) groups excluding carboxylic acids is 1. The monoisotopic (exact) mass is 275 g/mol. The first kappa shape index (κ1) is 13.2. The second kappa shape index (κ2) is 5.32. The number of fused-ring (bicyclic) bond motifs is 1. The molecule has 0 bridgehead atoms. The Labute approximate surface area is 119 Å². The summed E-state index contributed by atoms with van der Waals surface area (Å²) in [6, 6.07) is 2.18. The third kappa shape index (κ3) is 2.33. The van der Waals surface area contributed by atoms with E-state index in [1.807, 2.05) is 6.92 Å². The van der Waals surface area contributed by atoms with Gasteiger partial charge in [0.1, 0.15) is 5.75 Å². The maximum absolute atomic E-state index is 11.8. The third-order valence-electron chi connectivity index (χ3n) is 4.00. The summed E-state index contributed by atoms with van der Waals surface area (Å²) in [4.78, 5) is 14.2. The van der Waals surface area contributed by atoms with Gasteiger partial charge < -0.3 is 20.3 Å². The Morgan fingerprint density at radius 3 is 2.75 bits per heavy atom. The number of anilines is 2. The Morgan fingerprint density at radius 2 is 2.00 bits per heavy atom. The van der Waals surface area contributed by atoms with Crippen molar-refractivity contribution in [1.29, 1.82) is 0 Å². The highest BCUT2D eigenvalue weighted by Crippen LogP contribution is 2.39. The molecule has 2 heterocycles. The van der Waals surface area contributed by atoms with Crippen LogP contribution in [0.4, 0.5) is 11.4 Å². The maximum atomic E-state index is 11.8. The molecule has 1 fully saturated rings. The highest BCUT2D eigenvalue weighted by Gasteiger charge is 2.23. The lowest BCUT2D eigenvalue weighted by Crippen LogP contribution is -2.43. The minimum Gasteiger partial charge on any atom is -0.491 e. The van der Waals surface area contributed by atoms with Crippen LogP contribution in [-0.4, -0.2) is 38.7 Å². The number of aryl methyl sites for hydroxylation is 1. The number of hydrogen-bond acceptors (Lipinski definition) is 4.